The molecule has 0 saturated heterocycles. The SMILES string of the molecule is Cc1nn(C)c(CC(O)C2CSc3ccccc32)c1Cl. The van der Waals surface area contributed by atoms with Crippen molar-refractivity contribution in [1.82, 2.24) is 9.78 Å². The van der Waals surface area contributed by atoms with E-state index < -0.39 is 6.10 Å². The fourth-order valence-electron chi connectivity index (χ4n) is 2.75. The standard InChI is InChI=1S/C15H17ClN2OS/c1-9-15(16)12(18(2)17-9)7-13(19)11-8-20-14-6-4-3-5-10(11)14/h3-6,11,13,19H,7-8H2,1-2H3. The Kier molecular flexibility index (Phi) is 3.80. The number of hydrogen-bond donors (Lipinski definition) is 1. The minimum Gasteiger partial charge on any atom is -0.392 e. The predicted molar refractivity (Wildman–Crippen MR) is 82.6 cm³/mol. The largest absolute Gasteiger partial charge is 0.392 e. The van der Waals surface area contributed by atoms with Gasteiger partial charge >= 0.3 is 0 Å². The van der Waals surface area contributed by atoms with Gasteiger partial charge in [0.15, 0.2) is 0 Å². The van der Waals surface area contributed by atoms with Crippen LogP contribution in [0.1, 0.15) is 22.9 Å². The Bertz CT molecular complexity index is 641. The van der Waals surface area contributed by atoms with Crippen LogP contribution in [0.5, 0.6) is 0 Å². The number of fused-ring (bicyclic) bond motifs is 1. The van der Waals surface area contributed by atoms with Gasteiger partial charge in [-0.2, -0.15) is 5.10 Å². The van der Waals surface area contributed by atoms with Gasteiger partial charge in [-0.3, -0.25) is 4.68 Å². The molecule has 0 radical (unpaired) electrons. The molecular weight excluding hydrogens is 292 g/mol. The number of rotatable bonds is 3. The second-order valence-electron chi connectivity index (χ2n) is 5.20. The normalized spacial score (nSPS) is 19.1. The molecule has 5 heteroatoms. The third-order valence-corrected chi connectivity index (χ3v) is 5.57. The first-order chi connectivity index (χ1) is 9.58. The van der Waals surface area contributed by atoms with Gasteiger partial charge < -0.3 is 5.11 Å². The third-order valence-electron chi connectivity index (χ3n) is 3.87. The van der Waals surface area contributed by atoms with E-state index in [2.05, 4.69) is 17.2 Å². The van der Waals surface area contributed by atoms with E-state index >= 15 is 0 Å². The van der Waals surface area contributed by atoms with Gasteiger partial charge in [0.2, 0.25) is 0 Å². The van der Waals surface area contributed by atoms with E-state index in [1.54, 1.807) is 4.68 Å². The van der Waals surface area contributed by atoms with Gasteiger partial charge in [-0.15, -0.1) is 11.8 Å². The minimum absolute atomic E-state index is 0.169. The summed E-state index contributed by atoms with van der Waals surface area (Å²) < 4.78 is 1.77. The first kappa shape index (κ1) is 14.0. The van der Waals surface area contributed by atoms with E-state index in [9.17, 15) is 5.11 Å². The zero-order chi connectivity index (χ0) is 14.3. The van der Waals surface area contributed by atoms with Gasteiger partial charge in [0.25, 0.3) is 0 Å². The summed E-state index contributed by atoms with van der Waals surface area (Å²) >= 11 is 8.08. The molecule has 0 spiro atoms. The van der Waals surface area contributed by atoms with Crippen molar-refractivity contribution < 1.29 is 5.11 Å². The van der Waals surface area contributed by atoms with E-state index in [0.717, 1.165) is 17.1 Å². The Morgan fingerprint density at radius 2 is 2.25 bits per heavy atom. The van der Waals surface area contributed by atoms with Crippen LogP contribution >= 0.6 is 23.4 Å². The number of nitrogens with zero attached hydrogens (tertiary/aromatic N) is 2. The molecule has 3 nitrogen and oxygen atoms in total. The summed E-state index contributed by atoms with van der Waals surface area (Å²) in [6.45, 7) is 1.89. The van der Waals surface area contributed by atoms with E-state index in [-0.39, 0.29) is 5.92 Å². The van der Waals surface area contributed by atoms with Gasteiger partial charge in [-0.1, -0.05) is 29.8 Å². The van der Waals surface area contributed by atoms with Crippen LogP contribution in [0.15, 0.2) is 29.2 Å². The predicted octanol–water partition coefficient (Wildman–Crippen LogP) is 3.17. The van der Waals surface area contributed by atoms with Crippen molar-refractivity contribution in [1.29, 1.82) is 0 Å². The van der Waals surface area contributed by atoms with Crippen molar-refractivity contribution in [3.05, 3.63) is 46.2 Å². The lowest BCUT2D eigenvalue weighted by Crippen LogP contribution is -2.22. The summed E-state index contributed by atoms with van der Waals surface area (Å²) in [7, 11) is 1.87. The maximum atomic E-state index is 10.6. The fourth-order valence-corrected chi connectivity index (χ4v) is 4.31. The first-order valence-electron chi connectivity index (χ1n) is 6.65. The number of thioether (sulfide) groups is 1. The van der Waals surface area contributed by atoms with Crippen LogP contribution in [0.25, 0.3) is 0 Å². The molecule has 2 aromatic rings. The molecule has 2 heterocycles. The van der Waals surface area contributed by atoms with Crippen LogP contribution in [-0.2, 0) is 13.5 Å². The van der Waals surface area contributed by atoms with Crippen molar-refractivity contribution in [2.45, 2.75) is 30.3 Å². The lowest BCUT2D eigenvalue weighted by atomic mass is 9.92. The lowest BCUT2D eigenvalue weighted by Gasteiger charge is -2.18. The van der Waals surface area contributed by atoms with Gasteiger partial charge in [0.1, 0.15) is 0 Å². The molecule has 0 bridgehead atoms. The van der Waals surface area contributed by atoms with Crippen LogP contribution in [0.4, 0.5) is 0 Å². The molecule has 1 N–H and O–H groups in total. The van der Waals surface area contributed by atoms with Crippen molar-refractivity contribution in [3.8, 4) is 0 Å². The molecule has 3 rings (SSSR count). The monoisotopic (exact) mass is 308 g/mol. The van der Waals surface area contributed by atoms with E-state index in [4.69, 9.17) is 11.6 Å². The second kappa shape index (κ2) is 5.43. The zero-order valence-electron chi connectivity index (χ0n) is 11.5. The zero-order valence-corrected chi connectivity index (χ0v) is 13.1. The Morgan fingerprint density at radius 3 is 2.95 bits per heavy atom. The number of aryl methyl sites for hydroxylation is 2. The first-order valence-corrected chi connectivity index (χ1v) is 8.02. The summed E-state index contributed by atoms with van der Waals surface area (Å²) in [6, 6.07) is 8.31. The summed E-state index contributed by atoms with van der Waals surface area (Å²) in [5.41, 5.74) is 2.98. The third kappa shape index (κ3) is 2.36. The highest BCUT2D eigenvalue weighted by molar-refractivity contribution is 7.99. The fraction of sp³-hybridized carbons (Fsp3) is 0.400. The summed E-state index contributed by atoms with van der Waals surface area (Å²) in [5, 5.41) is 15.6. The number of aliphatic hydroxyl groups excluding tert-OH is 1. The second-order valence-corrected chi connectivity index (χ2v) is 6.64. The average molecular weight is 309 g/mol. The van der Waals surface area contributed by atoms with Crippen LogP contribution < -0.4 is 0 Å². The van der Waals surface area contributed by atoms with Crippen molar-refractivity contribution in [2.75, 3.05) is 5.75 Å². The Hall–Kier alpha value is -0.970. The highest BCUT2D eigenvalue weighted by atomic mass is 35.5. The number of benzene rings is 1. The number of hydrogen-bond acceptors (Lipinski definition) is 3. The maximum Gasteiger partial charge on any atom is 0.0847 e. The average Bonchev–Trinajstić information content (AvgIpc) is 2.96. The topological polar surface area (TPSA) is 38.0 Å². The quantitative estimate of drug-likeness (QED) is 0.946. The number of aromatic nitrogens is 2. The van der Waals surface area contributed by atoms with Crippen LogP contribution in [0.2, 0.25) is 5.02 Å². The lowest BCUT2D eigenvalue weighted by molar-refractivity contribution is 0.149. The molecule has 0 saturated carbocycles. The molecule has 20 heavy (non-hydrogen) atoms. The Morgan fingerprint density at radius 1 is 1.50 bits per heavy atom. The molecule has 0 fully saturated rings. The molecule has 0 aliphatic carbocycles. The molecule has 1 aliphatic rings. The van der Waals surface area contributed by atoms with Gasteiger partial charge in [-0.05, 0) is 18.6 Å². The Labute approximate surface area is 128 Å². The van der Waals surface area contributed by atoms with Crippen molar-refractivity contribution in [2.24, 2.45) is 7.05 Å². The highest BCUT2D eigenvalue weighted by Crippen LogP contribution is 2.41. The molecule has 0 amide bonds. The minimum atomic E-state index is -0.432. The summed E-state index contributed by atoms with van der Waals surface area (Å²) in [4.78, 5) is 1.28. The van der Waals surface area contributed by atoms with Crippen LogP contribution in [0.3, 0.4) is 0 Å². The molecule has 2 unspecified atom stereocenters. The highest BCUT2D eigenvalue weighted by Gasteiger charge is 2.30. The molecule has 106 valence electrons. The van der Waals surface area contributed by atoms with Crippen molar-refractivity contribution in [3.63, 3.8) is 0 Å². The van der Waals surface area contributed by atoms with Crippen molar-refractivity contribution >= 4 is 23.4 Å². The number of aliphatic hydroxyl groups is 1. The van der Waals surface area contributed by atoms with Crippen LogP contribution in [-0.4, -0.2) is 26.7 Å². The molecular formula is C15H17ClN2OS. The molecule has 1 aliphatic heterocycles. The van der Waals surface area contributed by atoms with E-state index in [1.165, 1.54) is 10.5 Å². The van der Waals surface area contributed by atoms with Crippen LogP contribution in [0, 0.1) is 6.92 Å². The summed E-state index contributed by atoms with van der Waals surface area (Å²) in [6.07, 6.45) is 0.105. The van der Waals surface area contributed by atoms with E-state index in [0.29, 0.717) is 11.4 Å². The molecule has 2 atom stereocenters. The number of halogens is 1. The van der Waals surface area contributed by atoms with Gasteiger partial charge in [-0.25, -0.2) is 0 Å². The Balaban J connectivity index is 1.83. The van der Waals surface area contributed by atoms with Gasteiger partial charge in [0.05, 0.1) is 22.5 Å². The molecule has 1 aromatic heterocycles. The smallest absolute Gasteiger partial charge is 0.0847 e. The maximum absolute atomic E-state index is 10.6. The summed E-state index contributed by atoms with van der Waals surface area (Å²) in [5.74, 6) is 1.09. The van der Waals surface area contributed by atoms with E-state index in [1.807, 2.05) is 37.9 Å². The molecule has 1 aromatic carbocycles. The van der Waals surface area contributed by atoms with Gasteiger partial charge in [0, 0.05) is 30.0 Å².